The third-order valence-corrected chi connectivity index (χ3v) is 3.24. The van der Waals surface area contributed by atoms with E-state index in [1.54, 1.807) is 44.2 Å². The van der Waals surface area contributed by atoms with Crippen LogP contribution in [-0.4, -0.2) is 6.03 Å². The molecule has 0 saturated heterocycles. The number of carbonyl (C=O) groups is 1. The van der Waals surface area contributed by atoms with Crippen molar-refractivity contribution < 1.29 is 13.6 Å². The molecule has 2 aromatic rings. The van der Waals surface area contributed by atoms with Crippen LogP contribution in [0.5, 0.6) is 0 Å². The summed E-state index contributed by atoms with van der Waals surface area (Å²) in [6.45, 7) is 3.31. The largest absolute Gasteiger partial charge is 0.351 e. The molecule has 2 rings (SSSR count). The number of primary amides is 1. The van der Waals surface area contributed by atoms with Crippen molar-refractivity contribution in [1.82, 2.24) is 0 Å². The lowest BCUT2D eigenvalue weighted by molar-refractivity contribution is 0.259. The van der Waals surface area contributed by atoms with E-state index in [1.165, 1.54) is 12.1 Å². The summed E-state index contributed by atoms with van der Waals surface area (Å²) >= 11 is 0. The second-order valence-electron chi connectivity index (χ2n) is 5.20. The second kappa shape index (κ2) is 6.56. The number of para-hydroxylation sites is 1. The maximum absolute atomic E-state index is 14.7. The topological polar surface area (TPSA) is 55.1 Å². The fourth-order valence-corrected chi connectivity index (χ4v) is 2.20. The van der Waals surface area contributed by atoms with Gasteiger partial charge in [0.15, 0.2) is 6.17 Å². The molecule has 0 spiro atoms. The van der Waals surface area contributed by atoms with Crippen molar-refractivity contribution in [2.24, 2.45) is 11.7 Å². The third-order valence-electron chi connectivity index (χ3n) is 3.24. The van der Waals surface area contributed by atoms with E-state index in [0.717, 1.165) is 0 Å². The summed E-state index contributed by atoms with van der Waals surface area (Å²) in [5.74, 6) is -1.07. The van der Waals surface area contributed by atoms with Crippen LogP contribution in [0.15, 0.2) is 42.5 Å². The van der Waals surface area contributed by atoms with E-state index in [9.17, 15) is 13.6 Å². The van der Waals surface area contributed by atoms with E-state index in [0.29, 0.717) is 11.3 Å². The molecule has 0 heterocycles. The Labute approximate surface area is 128 Å². The van der Waals surface area contributed by atoms with Crippen LogP contribution in [0.3, 0.4) is 0 Å². The van der Waals surface area contributed by atoms with E-state index in [1.807, 2.05) is 0 Å². The van der Waals surface area contributed by atoms with Gasteiger partial charge in [0, 0.05) is 16.7 Å². The van der Waals surface area contributed by atoms with Gasteiger partial charge in [-0.1, -0.05) is 50.2 Å². The van der Waals surface area contributed by atoms with Crippen LogP contribution in [0.4, 0.5) is 19.3 Å². The van der Waals surface area contributed by atoms with Gasteiger partial charge in [0.25, 0.3) is 0 Å². The smallest absolute Gasteiger partial charge is 0.316 e. The van der Waals surface area contributed by atoms with Crippen molar-refractivity contribution in [2.75, 3.05) is 5.32 Å². The Kier molecular flexibility index (Phi) is 4.75. The SMILES string of the molecule is CC(C)[C](F)c1cccc(-c2ccccc2NC(N)=O)c1F. The van der Waals surface area contributed by atoms with Crippen LogP contribution in [0.1, 0.15) is 19.4 Å². The molecular weight excluding hydrogens is 286 g/mol. The van der Waals surface area contributed by atoms with Crippen molar-refractivity contribution in [1.29, 1.82) is 0 Å². The quantitative estimate of drug-likeness (QED) is 0.859. The summed E-state index contributed by atoms with van der Waals surface area (Å²) in [5, 5.41) is 2.44. The average molecular weight is 303 g/mol. The Morgan fingerprint density at radius 3 is 2.36 bits per heavy atom. The van der Waals surface area contributed by atoms with Crippen LogP contribution in [0.2, 0.25) is 0 Å². The highest BCUT2D eigenvalue weighted by Crippen LogP contribution is 2.35. The van der Waals surface area contributed by atoms with Crippen LogP contribution in [0.25, 0.3) is 11.1 Å². The lowest BCUT2D eigenvalue weighted by Gasteiger charge is -2.16. The highest BCUT2D eigenvalue weighted by atomic mass is 19.1. The van der Waals surface area contributed by atoms with E-state index < -0.39 is 23.9 Å². The Bertz CT molecular complexity index is 686. The summed E-state index contributed by atoms with van der Waals surface area (Å²) in [6, 6.07) is 10.4. The third kappa shape index (κ3) is 3.24. The zero-order chi connectivity index (χ0) is 16.3. The number of hydrogen-bond donors (Lipinski definition) is 2. The molecule has 0 unspecified atom stereocenters. The molecule has 0 aliphatic rings. The summed E-state index contributed by atoms with van der Waals surface area (Å²) in [7, 11) is 0. The number of amides is 2. The summed E-state index contributed by atoms with van der Waals surface area (Å²) in [6.07, 6.45) is -0.514. The van der Waals surface area contributed by atoms with Gasteiger partial charge in [-0.2, -0.15) is 0 Å². The number of nitrogens with one attached hydrogen (secondary N) is 1. The first-order chi connectivity index (χ1) is 10.4. The highest BCUT2D eigenvalue weighted by Gasteiger charge is 2.23. The summed E-state index contributed by atoms with van der Waals surface area (Å²) in [4.78, 5) is 11.1. The molecule has 2 amide bonds. The maximum atomic E-state index is 14.7. The Hall–Kier alpha value is -2.43. The number of benzene rings is 2. The van der Waals surface area contributed by atoms with E-state index in [2.05, 4.69) is 5.32 Å². The lowest BCUT2D eigenvalue weighted by atomic mass is 9.95. The van der Waals surface area contributed by atoms with Gasteiger partial charge in [0.1, 0.15) is 5.82 Å². The molecule has 0 aromatic heterocycles. The van der Waals surface area contributed by atoms with Crippen molar-refractivity contribution in [2.45, 2.75) is 13.8 Å². The number of carbonyl (C=O) groups excluding carboxylic acids is 1. The van der Waals surface area contributed by atoms with Crippen molar-refractivity contribution in [3.63, 3.8) is 0 Å². The van der Waals surface area contributed by atoms with Crippen molar-refractivity contribution in [3.05, 3.63) is 60.0 Å². The molecule has 5 heteroatoms. The first kappa shape index (κ1) is 15.9. The molecule has 3 N–H and O–H groups in total. The minimum absolute atomic E-state index is 0.0682. The van der Waals surface area contributed by atoms with Gasteiger partial charge in [0.05, 0.1) is 5.69 Å². The van der Waals surface area contributed by atoms with Crippen LogP contribution in [0, 0.1) is 17.9 Å². The molecule has 0 saturated carbocycles. The fraction of sp³-hybridized carbons (Fsp3) is 0.176. The average Bonchev–Trinajstić information content (AvgIpc) is 2.47. The zero-order valence-corrected chi connectivity index (χ0v) is 12.4. The van der Waals surface area contributed by atoms with Gasteiger partial charge < -0.3 is 11.1 Å². The lowest BCUT2D eigenvalue weighted by Crippen LogP contribution is -2.19. The van der Waals surface area contributed by atoms with Gasteiger partial charge >= 0.3 is 6.03 Å². The molecule has 0 aliphatic carbocycles. The van der Waals surface area contributed by atoms with E-state index >= 15 is 0 Å². The minimum atomic E-state index is -0.746. The predicted molar refractivity (Wildman–Crippen MR) is 83.3 cm³/mol. The molecule has 22 heavy (non-hydrogen) atoms. The van der Waals surface area contributed by atoms with Gasteiger partial charge in [-0.05, 0) is 12.0 Å². The van der Waals surface area contributed by atoms with Gasteiger partial charge in [-0.25, -0.2) is 13.6 Å². The van der Waals surface area contributed by atoms with Crippen LogP contribution >= 0.6 is 0 Å². The molecular formula is C17H17F2N2O. The normalized spacial score (nSPS) is 11.0. The first-order valence-corrected chi connectivity index (χ1v) is 6.89. The molecule has 1 radical (unpaired) electrons. The Balaban J connectivity index is 2.55. The molecule has 0 aliphatic heterocycles. The monoisotopic (exact) mass is 303 g/mol. The molecule has 0 fully saturated rings. The zero-order valence-electron chi connectivity index (χ0n) is 12.4. The van der Waals surface area contributed by atoms with Crippen molar-refractivity contribution >= 4 is 11.7 Å². The van der Waals surface area contributed by atoms with E-state index in [-0.39, 0.29) is 11.1 Å². The Morgan fingerprint density at radius 1 is 1.09 bits per heavy atom. The molecule has 2 aromatic carbocycles. The molecule has 0 bridgehead atoms. The maximum Gasteiger partial charge on any atom is 0.316 e. The summed E-state index contributed by atoms with van der Waals surface area (Å²) < 4.78 is 28.8. The number of halogens is 2. The minimum Gasteiger partial charge on any atom is -0.351 e. The molecule has 115 valence electrons. The van der Waals surface area contributed by atoms with Gasteiger partial charge in [-0.15, -0.1) is 0 Å². The fourth-order valence-electron chi connectivity index (χ4n) is 2.20. The predicted octanol–water partition coefficient (Wildman–Crippen LogP) is 4.49. The number of nitrogens with two attached hydrogens (primary N) is 1. The number of urea groups is 1. The highest BCUT2D eigenvalue weighted by molar-refractivity contribution is 5.93. The molecule has 0 atom stereocenters. The standard InChI is InChI=1S/C17H17F2N2O/c1-10(2)15(18)13-8-5-7-12(16(13)19)11-6-3-4-9-14(11)21-17(20)22/h3-10H,1-2H3,(H3,20,21,22). The number of hydrogen-bond acceptors (Lipinski definition) is 1. The van der Waals surface area contributed by atoms with Gasteiger partial charge in [0.2, 0.25) is 0 Å². The molecule has 3 nitrogen and oxygen atoms in total. The number of anilines is 1. The number of rotatable bonds is 4. The second-order valence-corrected chi connectivity index (χ2v) is 5.20. The van der Waals surface area contributed by atoms with Gasteiger partial charge in [-0.3, -0.25) is 0 Å². The van der Waals surface area contributed by atoms with Crippen LogP contribution < -0.4 is 11.1 Å². The first-order valence-electron chi connectivity index (χ1n) is 6.89. The van der Waals surface area contributed by atoms with Crippen LogP contribution in [-0.2, 0) is 0 Å². The van der Waals surface area contributed by atoms with Crippen molar-refractivity contribution in [3.8, 4) is 11.1 Å². The Morgan fingerprint density at radius 2 is 1.73 bits per heavy atom. The van der Waals surface area contributed by atoms with E-state index in [4.69, 9.17) is 5.73 Å². The summed E-state index contributed by atoms with van der Waals surface area (Å²) in [5.41, 5.74) is 6.07.